The number of fused-ring (bicyclic) bond motifs is 1. The van der Waals surface area contributed by atoms with Crippen molar-refractivity contribution in [1.82, 2.24) is 0 Å². The summed E-state index contributed by atoms with van der Waals surface area (Å²) in [6.07, 6.45) is 0.203. The van der Waals surface area contributed by atoms with Gasteiger partial charge < -0.3 is 10.0 Å². The minimum atomic E-state index is -0.436. The van der Waals surface area contributed by atoms with Crippen molar-refractivity contribution in [2.45, 2.75) is 19.4 Å². The molecule has 0 saturated heterocycles. The third-order valence-corrected chi connectivity index (χ3v) is 2.51. The van der Waals surface area contributed by atoms with E-state index in [4.69, 9.17) is 0 Å². The molecule has 0 radical (unpaired) electrons. The van der Waals surface area contributed by atoms with Gasteiger partial charge in [-0.3, -0.25) is 4.79 Å². The van der Waals surface area contributed by atoms with Gasteiger partial charge in [-0.05, 0) is 11.6 Å². The van der Waals surface area contributed by atoms with Crippen LogP contribution in [-0.2, 0) is 11.2 Å². The number of β-amino-alcohol motifs (C(OH)–C–C–N with tert-alkyl or cyclic N) is 1. The molecule has 0 saturated carbocycles. The Morgan fingerprint density at radius 2 is 2.21 bits per heavy atom. The molecule has 74 valence electrons. The van der Waals surface area contributed by atoms with Crippen LogP contribution in [0.15, 0.2) is 24.3 Å². The molecule has 1 aliphatic heterocycles. The van der Waals surface area contributed by atoms with Crippen LogP contribution in [0.5, 0.6) is 0 Å². The van der Waals surface area contributed by atoms with Crippen LogP contribution in [0.1, 0.15) is 12.5 Å². The Morgan fingerprint density at radius 3 is 2.93 bits per heavy atom. The molecule has 2 rings (SSSR count). The third-order valence-electron chi connectivity index (χ3n) is 2.51. The summed E-state index contributed by atoms with van der Waals surface area (Å²) >= 11 is 0. The Kier molecular flexibility index (Phi) is 2.25. The van der Waals surface area contributed by atoms with Crippen LogP contribution in [0, 0.1) is 0 Å². The Balaban J connectivity index is 2.43. The average Bonchev–Trinajstić information content (AvgIpc) is 2.16. The summed E-state index contributed by atoms with van der Waals surface area (Å²) in [6, 6.07) is 7.71. The molecule has 14 heavy (non-hydrogen) atoms. The van der Waals surface area contributed by atoms with E-state index >= 15 is 0 Å². The number of carbonyl (C=O) groups excluding carboxylic acids is 1. The zero-order valence-electron chi connectivity index (χ0n) is 8.10. The Hall–Kier alpha value is -1.35. The van der Waals surface area contributed by atoms with Gasteiger partial charge in [0.1, 0.15) is 0 Å². The number of para-hydroxylation sites is 1. The zero-order valence-corrected chi connectivity index (χ0v) is 8.10. The Labute approximate surface area is 83.0 Å². The molecule has 1 atom stereocenters. The smallest absolute Gasteiger partial charge is 0.223 e. The van der Waals surface area contributed by atoms with E-state index in [1.165, 1.54) is 6.92 Å². The van der Waals surface area contributed by atoms with Gasteiger partial charge >= 0.3 is 0 Å². The lowest BCUT2D eigenvalue weighted by Gasteiger charge is -2.31. The summed E-state index contributed by atoms with van der Waals surface area (Å²) in [5.74, 6) is -0.0174. The van der Waals surface area contributed by atoms with Gasteiger partial charge in [0.25, 0.3) is 0 Å². The van der Waals surface area contributed by atoms with Crippen LogP contribution in [0.2, 0.25) is 0 Å². The van der Waals surface area contributed by atoms with Crippen molar-refractivity contribution in [2.75, 3.05) is 11.4 Å². The van der Waals surface area contributed by atoms with Crippen molar-refractivity contribution in [2.24, 2.45) is 0 Å². The number of amides is 1. The lowest BCUT2D eigenvalue weighted by atomic mass is 10.00. The second kappa shape index (κ2) is 3.42. The third kappa shape index (κ3) is 1.51. The first kappa shape index (κ1) is 9.21. The normalized spacial score (nSPS) is 20.4. The van der Waals surface area contributed by atoms with Crippen LogP contribution in [0.3, 0.4) is 0 Å². The minimum Gasteiger partial charge on any atom is -0.391 e. The molecule has 1 aliphatic rings. The molecular formula is C11H13NO2. The Morgan fingerprint density at radius 1 is 1.50 bits per heavy atom. The predicted octanol–water partition coefficient (Wildman–Crippen LogP) is 0.956. The number of hydrogen-bond donors (Lipinski definition) is 1. The summed E-state index contributed by atoms with van der Waals surface area (Å²) in [4.78, 5) is 13.0. The number of carbonyl (C=O) groups is 1. The molecule has 0 bridgehead atoms. The summed E-state index contributed by atoms with van der Waals surface area (Å²) in [7, 11) is 0. The first-order valence-electron chi connectivity index (χ1n) is 4.72. The quantitative estimate of drug-likeness (QED) is 0.663. The molecule has 3 heteroatoms. The van der Waals surface area contributed by atoms with Crippen LogP contribution in [0.4, 0.5) is 5.69 Å². The highest BCUT2D eigenvalue weighted by Crippen LogP contribution is 2.26. The second-order valence-electron chi connectivity index (χ2n) is 3.62. The number of hydrogen-bond acceptors (Lipinski definition) is 2. The first-order chi connectivity index (χ1) is 6.68. The van der Waals surface area contributed by atoms with Crippen molar-refractivity contribution < 1.29 is 9.90 Å². The maximum absolute atomic E-state index is 11.3. The van der Waals surface area contributed by atoms with Gasteiger partial charge in [0.05, 0.1) is 12.6 Å². The first-order valence-corrected chi connectivity index (χ1v) is 4.72. The fourth-order valence-corrected chi connectivity index (χ4v) is 1.87. The molecule has 1 aromatic rings. The highest BCUT2D eigenvalue weighted by atomic mass is 16.3. The van der Waals surface area contributed by atoms with Crippen molar-refractivity contribution >= 4 is 11.6 Å². The van der Waals surface area contributed by atoms with Crippen LogP contribution in [0.25, 0.3) is 0 Å². The van der Waals surface area contributed by atoms with Crippen LogP contribution < -0.4 is 4.90 Å². The van der Waals surface area contributed by atoms with Crippen molar-refractivity contribution in [3.63, 3.8) is 0 Å². The van der Waals surface area contributed by atoms with E-state index in [2.05, 4.69) is 0 Å². The SMILES string of the molecule is CC(=O)N1CC(O)Cc2ccccc21. The Bertz CT molecular complexity index is 362. The molecule has 3 nitrogen and oxygen atoms in total. The largest absolute Gasteiger partial charge is 0.391 e. The van der Waals surface area contributed by atoms with Gasteiger partial charge in [-0.2, -0.15) is 0 Å². The summed E-state index contributed by atoms with van der Waals surface area (Å²) < 4.78 is 0. The molecule has 0 spiro atoms. The van der Waals surface area contributed by atoms with Gasteiger partial charge in [-0.15, -0.1) is 0 Å². The lowest BCUT2D eigenvalue weighted by Crippen LogP contribution is -2.41. The van der Waals surface area contributed by atoms with E-state index in [-0.39, 0.29) is 5.91 Å². The van der Waals surface area contributed by atoms with Gasteiger partial charge in [0.2, 0.25) is 5.91 Å². The topological polar surface area (TPSA) is 40.5 Å². The highest BCUT2D eigenvalue weighted by Gasteiger charge is 2.24. The van der Waals surface area contributed by atoms with E-state index in [1.807, 2.05) is 24.3 Å². The van der Waals surface area contributed by atoms with Crippen LogP contribution >= 0.6 is 0 Å². The second-order valence-corrected chi connectivity index (χ2v) is 3.62. The maximum atomic E-state index is 11.3. The standard InChI is InChI=1S/C11H13NO2/c1-8(13)12-7-10(14)6-9-4-2-3-5-11(9)12/h2-5,10,14H,6-7H2,1H3. The van der Waals surface area contributed by atoms with Gasteiger partial charge in [0, 0.05) is 19.0 Å². The summed E-state index contributed by atoms with van der Waals surface area (Å²) in [5.41, 5.74) is 1.98. The summed E-state index contributed by atoms with van der Waals surface area (Å²) in [6.45, 7) is 1.93. The van der Waals surface area contributed by atoms with Gasteiger partial charge in [-0.25, -0.2) is 0 Å². The van der Waals surface area contributed by atoms with E-state index in [0.717, 1.165) is 11.3 Å². The van der Waals surface area contributed by atoms with Crippen molar-refractivity contribution in [3.05, 3.63) is 29.8 Å². The molecule has 1 aromatic carbocycles. The van der Waals surface area contributed by atoms with Crippen molar-refractivity contribution in [1.29, 1.82) is 0 Å². The number of nitrogens with zero attached hydrogens (tertiary/aromatic N) is 1. The molecule has 0 aliphatic carbocycles. The predicted molar refractivity (Wildman–Crippen MR) is 54.2 cm³/mol. The monoisotopic (exact) mass is 191 g/mol. The highest BCUT2D eigenvalue weighted by molar-refractivity contribution is 5.92. The molecular weight excluding hydrogens is 178 g/mol. The number of aliphatic hydroxyl groups excluding tert-OH is 1. The molecule has 1 heterocycles. The summed E-state index contributed by atoms with van der Waals surface area (Å²) in [5, 5.41) is 9.58. The fraction of sp³-hybridized carbons (Fsp3) is 0.364. The van der Waals surface area contributed by atoms with E-state index < -0.39 is 6.10 Å². The lowest BCUT2D eigenvalue weighted by molar-refractivity contribution is -0.117. The van der Waals surface area contributed by atoms with E-state index in [0.29, 0.717) is 13.0 Å². The number of anilines is 1. The van der Waals surface area contributed by atoms with Crippen molar-refractivity contribution in [3.8, 4) is 0 Å². The van der Waals surface area contributed by atoms with Gasteiger partial charge in [-0.1, -0.05) is 18.2 Å². The molecule has 1 N–H and O–H groups in total. The van der Waals surface area contributed by atoms with Gasteiger partial charge in [0.15, 0.2) is 0 Å². The van der Waals surface area contributed by atoms with Crippen LogP contribution in [-0.4, -0.2) is 23.7 Å². The number of aliphatic hydroxyl groups is 1. The fourth-order valence-electron chi connectivity index (χ4n) is 1.87. The number of benzene rings is 1. The molecule has 0 fully saturated rings. The average molecular weight is 191 g/mol. The number of rotatable bonds is 0. The molecule has 1 amide bonds. The molecule has 1 unspecified atom stereocenters. The molecule has 0 aromatic heterocycles. The zero-order chi connectivity index (χ0) is 10.1. The minimum absolute atomic E-state index is 0.0174. The van der Waals surface area contributed by atoms with E-state index in [9.17, 15) is 9.90 Å². The maximum Gasteiger partial charge on any atom is 0.223 e. The van der Waals surface area contributed by atoms with E-state index in [1.54, 1.807) is 4.90 Å².